The van der Waals surface area contributed by atoms with E-state index in [4.69, 9.17) is 5.73 Å². The zero-order valence-corrected chi connectivity index (χ0v) is 11.7. The normalized spacial score (nSPS) is 18.4. The summed E-state index contributed by atoms with van der Waals surface area (Å²) in [7, 11) is 0. The highest BCUT2D eigenvalue weighted by molar-refractivity contribution is 5.79. The monoisotopic (exact) mass is 260 g/mol. The topological polar surface area (TPSA) is 55.1 Å². The lowest BCUT2D eigenvalue weighted by molar-refractivity contribution is -0.125. The second kappa shape index (κ2) is 6.20. The summed E-state index contributed by atoms with van der Waals surface area (Å²) in [5.41, 5.74) is 7.24. The van der Waals surface area contributed by atoms with Crippen molar-refractivity contribution in [2.75, 3.05) is 13.1 Å². The van der Waals surface area contributed by atoms with Gasteiger partial charge >= 0.3 is 0 Å². The molecular formula is C16H24N2O. The lowest BCUT2D eigenvalue weighted by Gasteiger charge is -2.38. The molecule has 0 heterocycles. The van der Waals surface area contributed by atoms with Crippen molar-refractivity contribution in [2.45, 2.75) is 32.6 Å². The van der Waals surface area contributed by atoms with E-state index in [1.54, 1.807) is 0 Å². The van der Waals surface area contributed by atoms with Gasteiger partial charge in [-0.15, -0.1) is 0 Å². The van der Waals surface area contributed by atoms with E-state index in [1.165, 1.54) is 24.8 Å². The maximum absolute atomic E-state index is 12.2. The number of benzene rings is 1. The van der Waals surface area contributed by atoms with Gasteiger partial charge in [-0.3, -0.25) is 4.79 Å². The highest BCUT2D eigenvalue weighted by Crippen LogP contribution is 2.39. The predicted molar refractivity (Wildman–Crippen MR) is 77.7 cm³/mol. The standard InChI is InChI=1S/C16H24N2O/c1-16(8-5-9-16)12-18-15(19)14(11-17)10-13-6-3-2-4-7-13/h2-4,6-7,14H,5,8-12,17H2,1H3,(H,18,19). The largest absolute Gasteiger partial charge is 0.355 e. The molecule has 0 radical (unpaired) electrons. The SMILES string of the molecule is CC1(CNC(=O)C(CN)Cc2ccccc2)CCC1. The summed E-state index contributed by atoms with van der Waals surface area (Å²) >= 11 is 0. The molecule has 1 aromatic rings. The predicted octanol–water partition coefficient (Wildman–Crippen LogP) is 2.11. The Labute approximate surface area is 115 Å². The van der Waals surface area contributed by atoms with Crippen molar-refractivity contribution in [2.24, 2.45) is 17.1 Å². The zero-order chi connectivity index (χ0) is 13.7. The van der Waals surface area contributed by atoms with E-state index >= 15 is 0 Å². The third-order valence-corrected chi connectivity index (χ3v) is 4.23. The van der Waals surface area contributed by atoms with Gasteiger partial charge in [0.1, 0.15) is 0 Å². The van der Waals surface area contributed by atoms with Gasteiger partial charge < -0.3 is 11.1 Å². The molecule has 0 aliphatic heterocycles. The summed E-state index contributed by atoms with van der Waals surface area (Å²) in [5.74, 6) is -0.0226. The van der Waals surface area contributed by atoms with E-state index in [0.717, 1.165) is 13.0 Å². The van der Waals surface area contributed by atoms with Crippen LogP contribution in [0.4, 0.5) is 0 Å². The number of carbonyl (C=O) groups is 1. The molecule has 1 amide bonds. The number of hydrogen-bond donors (Lipinski definition) is 2. The molecule has 0 aromatic heterocycles. The molecule has 1 aliphatic rings. The molecule has 0 bridgehead atoms. The first kappa shape index (κ1) is 14.1. The number of nitrogens with two attached hydrogens (primary N) is 1. The number of carbonyl (C=O) groups excluding carboxylic acids is 1. The van der Waals surface area contributed by atoms with E-state index in [9.17, 15) is 4.79 Å². The summed E-state index contributed by atoms with van der Waals surface area (Å²) < 4.78 is 0. The first-order valence-corrected chi connectivity index (χ1v) is 7.15. The summed E-state index contributed by atoms with van der Waals surface area (Å²) in [6.07, 6.45) is 4.45. The van der Waals surface area contributed by atoms with Crippen molar-refractivity contribution in [1.29, 1.82) is 0 Å². The minimum atomic E-state index is -0.119. The lowest BCUT2D eigenvalue weighted by atomic mass is 9.70. The van der Waals surface area contributed by atoms with Crippen LogP contribution >= 0.6 is 0 Å². The molecule has 1 aromatic carbocycles. The average Bonchev–Trinajstić information content (AvgIpc) is 2.41. The molecule has 104 valence electrons. The van der Waals surface area contributed by atoms with Crippen LogP contribution in [0.2, 0.25) is 0 Å². The van der Waals surface area contributed by atoms with E-state index in [0.29, 0.717) is 12.0 Å². The Balaban J connectivity index is 1.84. The zero-order valence-electron chi connectivity index (χ0n) is 11.7. The Morgan fingerprint density at radius 3 is 2.58 bits per heavy atom. The van der Waals surface area contributed by atoms with Crippen LogP contribution in [0.15, 0.2) is 30.3 Å². The maximum atomic E-state index is 12.2. The molecule has 3 nitrogen and oxygen atoms in total. The Morgan fingerprint density at radius 1 is 1.37 bits per heavy atom. The van der Waals surface area contributed by atoms with Gasteiger partial charge in [-0.25, -0.2) is 0 Å². The molecule has 3 N–H and O–H groups in total. The van der Waals surface area contributed by atoms with E-state index in [1.807, 2.05) is 30.3 Å². The number of amides is 1. The summed E-state index contributed by atoms with van der Waals surface area (Å²) in [6.45, 7) is 3.43. The fraction of sp³-hybridized carbons (Fsp3) is 0.562. The smallest absolute Gasteiger partial charge is 0.224 e. The van der Waals surface area contributed by atoms with Crippen molar-refractivity contribution < 1.29 is 4.79 Å². The van der Waals surface area contributed by atoms with Crippen LogP contribution in [0.5, 0.6) is 0 Å². The third-order valence-electron chi connectivity index (χ3n) is 4.23. The number of hydrogen-bond acceptors (Lipinski definition) is 2. The quantitative estimate of drug-likeness (QED) is 0.823. The highest BCUT2D eigenvalue weighted by Gasteiger charge is 2.32. The van der Waals surface area contributed by atoms with Crippen molar-refractivity contribution >= 4 is 5.91 Å². The molecule has 19 heavy (non-hydrogen) atoms. The fourth-order valence-corrected chi connectivity index (χ4v) is 2.58. The van der Waals surface area contributed by atoms with Gasteiger partial charge in [-0.2, -0.15) is 0 Å². The van der Waals surface area contributed by atoms with E-state index in [-0.39, 0.29) is 11.8 Å². The van der Waals surface area contributed by atoms with Crippen LogP contribution in [0.3, 0.4) is 0 Å². The summed E-state index contributed by atoms with van der Waals surface area (Å²) in [5, 5.41) is 3.08. The first-order valence-electron chi connectivity index (χ1n) is 7.15. The Hall–Kier alpha value is -1.35. The number of nitrogens with one attached hydrogen (secondary N) is 1. The van der Waals surface area contributed by atoms with Gasteiger partial charge in [0.05, 0.1) is 5.92 Å². The molecule has 0 spiro atoms. The van der Waals surface area contributed by atoms with Gasteiger partial charge in [-0.1, -0.05) is 43.7 Å². The van der Waals surface area contributed by atoms with Gasteiger partial charge in [0.15, 0.2) is 0 Å². The molecule has 1 unspecified atom stereocenters. The van der Waals surface area contributed by atoms with Crippen LogP contribution < -0.4 is 11.1 Å². The van der Waals surface area contributed by atoms with Crippen molar-refractivity contribution in [3.63, 3.8) is 0 Å². The second-order valence-corrected chi connectivity index (χ2v) is 6.00. The Bertz CT molecular complexity index is 412. The summed E-state index contributed by atoms with van der Waals surface area (Å²) in [4.78, 5) is 12.2. The lowest BCUT2D eigenvalue weighted by Crippen LogP contribution is -2.44. The first-order chi connectivity index (χ1) is 9.13. The van der Waals surface area contributed by atoms with Crippen LogP contribution in [-0.2, 0) is 11.2 Å². The number of rotatable bonds is 6. The molecule has 2 rings (SSSR count). The molecule has 1 atom stereocenters. The second-order valence-electron chi connectivity index (χ2n) is 6.00. The maximum Gasteiger partial charge on any atom is 0.224 e. The molecule has 1 fully saturated rings. The summed E-state index contributed by atoms with van der Waals surface area (Å²) in [6, 6.07) is 10.1. The van der Waals surface area contributed by atoms with Crippen LogP contribution in [-0.4, -0.2) is 19.0 Å². The van der Waals surface area contributed by atoms with Crippen molar-refractivity contribution in [3.8, 4) is 0 Å². The Kier molecular flexibility index (Phi) is 4.59. The van der Waals surface area contributed by atoms with Crippen molar-refractivity contribution in [1.82, 2.24) is 5.32 Å². The van der Waals surface area contributed by atoms with Gasteiger partial charge in [0.2, 0.25) is 5.91 Å². The molecule has 0 saturated heterocycles. The van der Waals surface area contributed by atoms with Gasteiger partial charge in [0, 0.05) is 13.1 Å². The minimum Gasteiger partial charge on any atom is -0.355 e. The van der Waals surface area contributed by atoms with Crippen LogP contribution in [0, 0.1) is 11.3 Å². The van der Waals surface area contributed by atoms with Crippen molar-refractivity contribution in [3.05, 3.63) is 35.9 Å². The molecule has 3 heteroatoms. The average molecular weight is 260 g/mol. The Morgan fingerprint density at radius 2 is 2.05 bits per heavy atom. The van der Waals surface area contributed by atoms with Crippen LogP contribution in [0.25, 0.3) is 0 Å². The van der Waals surface area contributed by atoms with Gasteiger partial charge in [0.25, 0.3) is 0 Å². The van der Waals surface area contributed by atoms with E-state index in [2.05, 4.69) is 12.2 Å². The molecule has 1 saturated carbocycles. The van der Waals surface area contributed by atoms with E-state index < -0.39 is 0 Å². The van der Waals surface area contributed by atoms with Crippen LogP contribution in [0.1, 0.15) is 31.7 Å². The van der Waals surface area contributed by atoms with Gasteiger partial charge in [-0.05, 0) is 30.2 Å². The molecule has 1 aliphatic carbocycles. The molecular weight excluding hydrogens is 236 g/mol. The third kappa shape index (κ3) is 3.80. The fourth-order valence-electron chi connectivity index (χ4n) is 2.58. The minimum absolute atomic E-state index is 0.0967. The highest BCUT2D eigenvalue weighted by atomic mass is 16.1.